The number of nitrogens with zero attached hydrogens (tertiary/aromatic N) is 4. The zero-order valence-corrected chi connectivity index (χ0v) is 13.6. The van der Waals surface area contributed by atoms with Crippen molar-refractivity contribution in [2.75, 3.05) is 0 Å². The third kappa shape index (κ3) is 3.11. The second kappa shape index (κ2) is 6.93. The smallest absolute Gasteiger partial charge is 0.161 e. The predicted molar refractivity (Wildman–Crippen MR) is 69.5 cm³/mol. The molecule has 0 bridgehead atoms. The molecule has 0 aromatic carbocycles. The van der Waals surface area contributed by atoms with Gasteiger partial charge in [-0.25, -0.2) is 9.97 Å². The molecule has 0 saturated carbocycles. The fraction of sp³-hybridized carbons (Fsp3) is 0.583. The summed E-state index contributed by atoms with van der Waals surface area (Å²) in [5.41, 5.74) is 8.83. The van der Waals surface area contributed by atoms with Gasteiger partial charge in [0.25, 0.3) is 0 Å². The van der Waals surface area contributed by atoms with E-state index in [1.54, 1.807) is 6.33 Å². The minimum atomic E-state index is -0.00528. The first-order valence-corrected chi connectivity index (χ1v) is 6.30. The molecule has 1 saturated heterocycles. The van der Waals surface area contributed by atoms with Crippen LogP contribution in [0.3, 0.4) is 0 Å². The molecule has 107 valence electrons. The molecule has 0 amide bonds. The molecule has 0 aliphatic carbocycles. The van der Waals surface area contributed by atoms with E-state index < -0.39 is 0 Å². The number of nitrogens with one attached hydrogen (secondary N) is 1. The number of rotatable bonds is 1. The van der Waals surface area contributed by atoms with Crippen LogP contribution in [0, 0.1) is 0 Å². The summed E-state index contributed by atoms with van der Waals surface area (Å²) < 4.78 is 7.64. The fourth-order valence-electron chi connectivity index (χ4n) is 2.05. The van der Waals surface area contributed by atoms with Crippen molar-refractivity contribution in [1.29, 1.82) is 0 Å². The maximum absolute atomic E-state index is 7.62. The van der Waals surface area contributed by atoms with E-state index >= 15 is 0 Å². The predicted octanol–water partition coefficient (Wildman–Crippen LogP) is 3.23. The number of ether oxygens (including phenoxy) is 1. The molecule has 2 unspecified atom stereocenters. The maximum Gasteiger partial charge on any atom is 0.161 e. The average molecular weight is 441 g/mol. The largest absolute Gasteiger partial charge is 0.480 e. The van der Waals surface area contributed by atoms with Crippen LogP contribution in [0.15, 0.2) is 12.7 Å². The monoisotopic (exact) mass is 441 g/mol. The summed E-state index contributed by atoms with van der Waals surface area (Å²) in [6.07, 6.45) is 5.35. The van der Waals surface area contributed by atoms with Crippen molar-refractivity contribution >= 4 is 17.0 Å². The molecule has 3 rings (SSSR count). The van der Waals surface area contributed by atoms with Gasteiger partial charge < -0.3 is 15.5 Å². The van der Waals surface area contributed by atoms with Crippen molar-refractivity contribution in [3.8, 4) is 0 Å². The van der Waals surface area contributed by atoms with Crippen LogP contribution in [0.5, 0.6) is 0 Å². The molecule has 1 radical (unpaired) electrons. The van der Waals surface area contributed by atoms with Crippen LogP contribution in [-0.2, 0) is 24.8 Å². The third-order valence-corrected chi connectivity index (χ3v) is 2.88. The van der Waals surface area contributed by atoms with E-state index in [1.807, 2.05) is 18.4 Å². The number of hydrogen-bond donors (Lipinski definition) is 0. The van der Waals surface area contributed by atoms with Crippen LogP contribution in [0.25, 0.3) is 16.9 Å². The Balaban J connectivity index is 0.000000576. The summed E-state index contributed by atoms with van der Waals surface area (Å²) in [6.45, 7) is 6.06. The number of aromatic nitrogens is 4. The van der Waals surface area contributed by atoms with Gasteiger partial charge in [-0.05, 0) is 25.6 Å². The first-order valence-electron chi connectivity index (χ1n) is 6.30. The molecule has 0 spiro atoms. The van der Waals surface area contributed by atoms with Crippen LogP contribution in [-0.4, -0.2) is 25.6 Å². The van der Waals surface area contributed by atoms with Crippen molar-refractivity contribution in [2.24, 2.45) is 0 Å². The van der Waals surface area contributed by atoms with Gasteiger partial charge >= 0.3 is 0 Å². The Kier molecular flexibility index (Phi) is 5.84. The molecular formula is C12H18IrN5O-. The quantitative estimate of drug-likeness (QED) is 0.682. The average Bonchev–Trinajstić information content (AvgIpc) is 2.98. The second-order valence-corrected chi connectivity index (χ2v) is 4.03. The van der Waals surface area contributed by atoms with Gasteiger partial charge in [0.2, 0.25) is 0 Å². The van der Waals surface area contributed by atoms with Gasteiger partial charge in [-0.2, -0.15) is 0 Å². The van der Waals surface area contributed by atoms with E-state index in [-0.39, 0.29) is 38.3 Å². The molecule has 3 heterocycles. The summed E-state index contributed by atoms with van der Waals surface area (Å²) in [5, 5.41) is 0. The van der Waals surface area contributed by atoms with E-state index in [9.17, 15) is 0 Å². The zero-order valence-electron chi connectivity index (χ0n) is 11.3. The van der Waals surface area contributed by atoms with Gasteiger partial charge in [0.15, 0.2) is 5.65 Å². The SMILES string of the molecule is CC.CC1CCC(n2cnc3c([NH-])ncnc32)O1.[Ir]. The maximum atomic E-state index is 7.62. The molecular weight excluding hydrogens is 422 g/mol. The minimum Gasteiger partial charge on any atom is -0.480 e. The Bertz CT molecular complexity index is 530. The summed E-state index contributed by atoms with van der Waals surface area (Å²) >= 11 is 0. The molecule has 1 N–H and O–H groups in total. The Morgan fingerprint density at radius 3 is 2.63 bits per heavy atom. The zero-order chi connectivity index (χ0) is 13.1. The molecule has 19 heavy (non-hydrogen) atoms. The molecule has 7 heteroatoms. The van der Waals surface area contributed by atoms with E-state index in [0.717, 1.165) is 12.8 Å². The van der Waals surface area contributed by atoms with Crippen LogP contribution < -0.4 is 0 Å². The van der Waals surface area contributed by atoms with E-state index in [4.69, 9.17) is 10.5 Å². The van der Waals surface area contributed by atoms with Crippen molar-refractivity contribution < 1.29 is 24.8 Å². The van der Waals surface area contributed by atoms with Gasteiger partial charge in [0.1, 0.15) is 11.7 Å². The number of imidazole rings is 1. The molecule has 1 aliphatic rings. The van der Waals surface area contributed by atoms with Gasteiger partial charge in [-0.15, -0.1) is 0 Å². The van der Waals surface area contributed by atoms with Crippen LogP contribution in [0.4, 0.5) is 5.82 Å². The normalized spacial score (nSPS) is 21.6. The summed E-state index contributed by atoms with van der Waals surface area (Å²) in [6, 6.07) is 0. The van der Waals surface area contributed by atoms with Gasteiger partial charge in [0, 0.05) is 26.4 Å². The van der Waals surface area contributed by atoms with Gasteiger partial charge in [-0.3, -0.25) is 4.57 Å². The summed E-state index contributed by atoms with van der Waals surface area (Å²) in [5.74, 6) is 0.162. The standard InChI is InChI=1S/C10H12N5O.C2H6.Ir/c1-6-2-3-7(16-6)15-5-14-8-9(11)12-4-13-10(8)15;1-2;/h4-7H,2-3H2,1H3,(H-,11,12,13);1-2H3;/q-1;;. The van der Waals surface area contributed by atoms with Crippen molar-refractivity contribution in [3.05, 3.63) is 18.4 Å². The van der Waals surface area contributed by atoms with Crippen molar-refractivity contribution in [1.82, 2.24) is 19.5 Å². The molecule has 1 fully saturated rings. The Morgan fingerprint density at radius 2 is 2.00 bits per heavy atom. The molecule has 1 aliphatic heterocycles. The Labute approximate surface area is 126 Å². The summed E-state index contributed by atoms with van der Waals surface area (Å²) in [4.78, 5) is 12.1. The topological polar surface area (TPSA) is 76.6 Å². The minimum absolute atomic E-state index is 0. The van der Waals surface area contributed by atoms with E-state index in [1.165, 1.54) is 6.33 Å². The fourth-order valence-corrected chi connectivity index (χ4v) is 2.05. The summed E-state index contributed by atoms with van der Waals surface area (Å²) in [7, 11) is 0. The van der Waals surface area contributed by atoms with Crippen molar-refractivity contribution in [3.63, 3.8) is 0 Å². The Hall–Kier alpha value is -1.04. The van der Waals surface area contributed by atoms with Crippen LogP contribution in [0.2, 0.25) is 0 Å². The first kappa shape index (κ1) is 16.0. The first-order chi connectivity index (χ1) is 8.75. The van der Waals surface area contributed by atoms with Crippen molar-refractivity contribution in [2.45, 2.75) is 45.9 Å². The molecule has 6 nitrogen and oxygen atoms in total. The third-order valence-electron chi connectivity index (χ3n) is 2.88. The number of hydrogen-bond acceptors (Lipinski definition) is 4. The number of fused-ring (bicyclic) bond motifs is 1. The molecule has 2 aromatic heterocycles. The van der Waals surface area contributed by atoms with E-state index in [0.29, 0.717) is 11.2 Å². The second-order valence-electron chi connectivity index (χ2n) is 4.03. The Morgan fingerprint density at radius 1 is 1.26 bits per heavy atom. The molecule has 2 aromatic rings. The van der Waals surface area contributed by atoms with Crippen LogP contribution in [0.1, 0.15) is 39.8 Å². The van der Waals surface area contributed by atoms with E-state index in [2.05, 4.69) is 21.9 Å². The van der Waals surface area contributed by atoms with Gasteiger partial charge in [-0.1, -0.05) is 13.8 Å². The van der Waals surface area contributed by atoms with Crippen LogP contribution >= 0.6 is 0 Å². The molecule has 2 atom stereocenters. The van der Waals surface area contributed by atoms with Gasteiger partial charge in [0.05, 0.1) is 12.4 Å².